The predicted octanol–water partition coefficient (Wildman–Crippen LogP) is 2.45. The normalized spacial score (nSPS) is 13.2. The molecule has 1 unspecified atom stereocenters. The summed E-state index contributed by atoms with van der Waals surface area (Å²) in [6.45, 7) is 7.46. The van der Waals surface area contributed by atoms with Gasteiger partial charge in [-0.05, 0) is 39.3 Å². The average Bonchev–Trinajstić information content (AvgIpc) is 2.26. The third-order valence-electron chi connectivity index (χ3n) is 2.20. The molecule has 0 aromatic carbocycles. The predicted molar refractivity (Wildman–Crippen MR) is 66.6 cm³/mol. The number of hydrogen-bond acceptors (Lipinski definition) is 4. The van der Waals surface area contributed by atoms with Gasteiger partial charge in [-0.15, -0.1) is 0 Å². The Kier molecular flexibility index (Phi) is 4.23. The molecular weight excluding hydrogens is 216 g/mol. The SMILES string of the molecule is CCC(N)c1cccc(C(=O)OC(C)(C)C)n1. The zero-order chi connectivity index (χ0) is 13.1. The first-order valence-electron chi connectivity index (χ1n) is 5.79. The van der Waals surface area contributed by atoms with Crippen LogP contribution in [0.5, 0.6) is 0 Å². The van der Waals surface area contributed by atoms with Crippen LogP contribution in [0.3, 0.4) is 0 Å². The van der Waals surface area contributed by atoms with Crippen LogP contribution in [-0.4, -0.2) is 16.6 Å². The topological polar surface area (TPSA) is 65.2 Å². The molecule has 2 N–H and O–H groups in total. The van der Waals surface area contributed by atoms with E-state index >= 15 is 0 Å². The zero-order valence-corrected chi connectivity index (χ0v) is 10.9. The summed E-state index contributed by atoms with van der Waals surface area (Å²) in [5, 5.41) is 0. The highest BCUT2D eigenvalue weighted by molar-refractivity contribution is 5.87. The van der Waals surface area contributed by atoms with Crippen LogP contribution >= 0.6 is 0 Å². The molecule has 17 heavy (non-hydrogen) atoms. The lowest BCUT2D eigenvalue weighted by molar-refractivity contribution is 0.00625. The molecule has 0 amide bonds. The van der Waals surface area contributed by atoms with Gasteiger partial charge in [0.15, 0.2) is 0 Å². The van der Waals surface area contributed by atoms with Crippen molar-refractivity contribution in [2.24, 2.45) is 5.73 Å². The summed E-state index contributed by atoms with van der Waals surface area (Å²) >= 11 is 0. The monoisotopic (exact) mass is 236 g/mol. The highest BCUT2D eigenvalue weighted by Gasteiger charge is 2.19. The first-order chi connectivity index (χ1) is 7.83. The lowest BCUT2D eigenvalue weighted by Crippen LogP contribution is -2.25. The Morgan fingerprint density at radius 3 is 2.65 bits per heavy atom. The highest BCUT2D eigenvalue weighted by atomic mass is 16.6. The van der Waals surface area contributed by atoms with Crippen molar-refractivity contribution in [3.05, 3.63) is 29.6 Å². The van der Waals surface area contributed by atoms with Crippen molar-refractivity contribution < 1.29 is 9.53 Å². The number of pyridine rings is 1. The van der Waals surface area contributed by atoms with Gasteiger partial charge >= 0.3 is 5.97 Å². The molecule has 0 saturated heterocycles. The molecule has 94 valence electrons. The van der Waals surface area contributed by atoms with E-state index in [1.807, 2.05) is 33.8 Å². The molecule has 4 heteroatoms. The molecule has 0 bridgehead atoms. The summed E-state index contributed by atoms with van der Waals surface area (Å²) in [5.74, 6) is -0.414. The standard InChI is InChI=1S/C13H20N2O2/c1-5-9(14)10-7-6-8-11(15-10)12(16)17-13(2,3)4/h6-9H,5,14H2,1-4H3. The van der Waals surface area contributed by atoms with Crippen molar-refractivity contribution in [2.75, 3.05) is 0 Å². The average molecular weight is 236 g/mol. The summed E-state index contributed by atoms with van der Waals surface area (Å²) in [6.07, 6.45) is 0.783. The number of ether oxygens (including phenoxy) is 1. The summed E-state index contributed by atoms with van der Waals surface area (Å²) in [5.41, 5.74) is 6.39. The molecule has 1 aromatic rings. The van der Waals surface area contributed by atoms with Crippen LogP contribution in [0.4, 0.5) is 0 Å². The van der Waals surface area contributed by atoms with Gasteiger partial charge < -0.3 is 10.5 Å². The van der Waals surface area contributed by atoms with Crippen molar-refractivity contribution in [3.63, 3.8) is 0 Å². The van der Waals surface area contributed by atoms with Gasteiger partial charge in [-0.1, -0.05) is 13.0 Å². The maximum Gasteiger partial charge on any atom is 0.357 e. The molecule has 0 fully saturated rings. The van der Waals surface area contributed by atoms with Crippen LogP contribution in [0, 0.1) is 0 Å². The molecule has 4 nitrogen and oxygen atoms in total. The van der Waals surface area contributed by atoms with Gasteiger partial charge in [0.05, 0.1) is 5.69 Å². The summed E-state index contributed by atoms with van der Waals surface area (Å²) in [7, 11) is 0. The van der Waals surface area contributed by atoms with Crippen LogP contribution in [0.15, 0.2) is 18.2 Å². The molecule has 0 aliphatic carbocycles. The molecule has 0 aliphatic rings. The van der Waals surface area contributed by atoms with Gasteiger partial charge in [-0.2, -0.15) is 0 Å². The van der Waals surface area contributed by atoms with Gasteiger partial charge in [0, 0.05) is 6.04 Å². The highest BCUT2D eigenvalue weighted by Crippen LogP contribution is 2.14. The second kappa shape index (κ2) is 5.27. The third kappa shape index (κ3) is 4.15. The van der Waals surface area contributed by atoms with E-state index in [9.17, 15) is 4.79 Å². The fourth-order valence-electron chi connectivity index (χ4n) is 1.31. The fourth-order valence-corrected chi connectivity index (χ4v) is 1.31. The van der Waals surface area contributed by atoms with E-state index in [0.717, 1.165) is 12.1 Å². The van der Waals surface area contributed by atoms with Gasteiger partial charge in [0.2, 0.25) is 0 Å². The number of aromatic nitrogens is 1. The lowest BCUT2D eigenvalue weighted by atomic mass is 10.1. The Hall–Kier alpha value is -1.42. The molecule has 1 rings (SSSR count). The lowest BCUT2D eigenvalue weighted by Gasteiger charge is -2.19. The van der Waals surface area contributed by atoms with Crippen LogP contribution in [0.2, 0.25) is 0 Å². The quantitative estimate of drug-likeness (QED) is 0.819. The van der Waals surface area contributed by atoms with Crippen LogP contribution in [0.25, 0.3) is 0 Å². The van der Waals surface area contributed by atoms with E-state index in [4.69, 9.17) is 10.5 Å². The van der Waals surface area contributed by atoms with Crippen molar-refractivity contribution in [1.82, 2.24) is 4.98 Å². The Morgan fingerprint density at radius 1 is 1.47 bits per heavy atom. The first-order valence-corrected chi connectivity index (χ1v) is 5.79. The van der Waals surface area contributed by atoms with E-state index < -0.39 is 11.6 Å². The number of carbonyl (C=O) groups excluding carboxylic acids is 1. The van der Waals surface area contributed by atoms with Gasteiger partial charge in [-0.3, -0.25) is 0 Å². The first kappa shape index (κ1) is 13.6. The number of nitrogens with two attached hydrogens (primary N) is 1. The number of hydrogen-bond donors (Lipinski definition) is 1. The fraction of sp³-hybridized carbons (Fsp3) is 0.538. The maximum absolute atomic E-state index is 11.8. The van der Waals surface area contributed by atoms with Crippen molar-refractivity contribution >= 4 is 5.97 Å². The minimum Gasteiger partial charge on any atom is -0.455 e. The van der Waals surface area contributed by atoms with Crippen molar-refractivity contribution in [3.8, 4) is 0 Å². The Labute approximate surface area is 102 Å². The van der Waals surface area contributed by atoms with Gasteiger partial charge in [-0.25, -0.2) is 9.78 Å². The van der Waals surface area contributed by atoms with Crippen molar-refractivity contribution in [2.45, 2.75) is 45.8 Å². The zero-order valence-electron chi connectivity index (χ0n) is 10.9. The molecule has 1 heterocycles. The minimum atomic E-state index is -0.512. The van der Waals surface area contributed by atoms with Gasteiger partial charge in [0.25, 0.3) is 0 Å². The molecule has 0 aliphatic heterocycles. The molecular formula is C13H20N2O2. The third-order valence-corrected chi connectivity index (χ3v) is 2.20. The number of esters is 1. The van der Waals surface area contributed by atoms with E-state index in [0.29, 0.717) is 5.69 Å². The Bertz CT molecular complexity index is 397. The molecule has 1 atom stereocenters. The molecule has 0 spiro atoms. The number of carbonyl (C=O) groups is 1. The second-order valence-corrected chi connectivity index (χ2v) is 4.96. The maximum atomic E-state index is 11.8. The van der Waals surface area contributed by atoms with Crippen LogP contribution in [0.1, 0.15) is 56.3 Å². The number of nitrogens with zero attached hydrogens (tertiary/aromatic N) is 1. The van der Waals surface area contributed by atoms with E-state index in [-0.39, 0.29) is 6.04 Å². The minimum absolute atomic E-state index is 0.141. The van der Waals surface area contributed by atoms with E-state index in [1.165, 1.54) is 0 Å². The summed E-state index contributed by atoms with van der Waals surface area (Å²) in [6, 6.07) is 5.09. The van der Waals surface area contributed by atoms with E-state index in [2.05, 4.69) is 4.98 Å². The van der Waals surface area contributed by atoms with E-state index in [1.54, 1.807) is 12.1 Å². The number of rotatable bonds is 3. The molecule has 0 radical (unpaired) electrons. The Morgan fingerprint density at radius 2 is 2.12 bits per heavy atom. The second-order valence-electron chi connectivity index (χ2n) is 4.96. The smallest absolute Gasteiger partial charge is 0.357 e. The Balaban J connectivity index is 2.88. The molecule has 0 saturated carbocycles. The summed E-state index contributed by atoms with van der Waals surface area (Å²) in [4.78, 5) is 16.0. The largest absolute Gasteiger partial charge is 0.455 e. The van der Waals surface area contributed by atoms with Gasteiger partial charge in [0.1, 0.15) is 11.3 Å². The van der Waals surface area contributed by atoms with Crippen LogP contribution in [-0.2, 0) is 4.74 Å². The van der Waals surface area contributed by atoms with Crippen LogP contribution < -0.4 is 5.73 Å². The summed E-state index contributed by atoms with van der Waals surface area (Å²) < 4.78 is 5.25. The van der Waals surface area contributed by atoms with Crippen molar-refractivity contribution in [1.29, 1.82) is 0 Å². The molecule has 1 aromatic heterocycles.